The molecule has 18 heavy (non-hydrogen) atoms. The zero-order chi connectivity index (χ0) is 12.7. The summed E-state index contributed by atoms with van der Waals surface area (Å²) in [6.07, 6.45) is 8.22. The van der Waals surface area contributed by atoms with Gasteiger partial charge in [-0.15, -0.1) is 0 Å². The maximum Gasteiger partial charge on any atom is 0.171 e. The van der Waals surface area contributed by atoms with E-state index in [1.165, 1.54) is 6.20 Å². The molecule has 0 amide bonds. The van der Waals surface area contributed by atoms with Crippen LogP contribution in [0, 0.1) is 0 Å². The Morgan fingerprint density at radius 2 is 2.17 bits per heavy atom. The van der Waals surface area contributed by atoms with Crippen molar-refractivity contribution in [2.45, 2.75) is 5.03 Å². The van der Waals surface area contributed by atoms with Crippen LogP contribution in [0.1, 0.15) is 0 Å². The Labute approximate surface area is 104 Å². The third-order valence-electron chi connectivity index (χ3n) is 2.55. The molecule has 3 rings (SSSR count). The van der Waals surface area contributed by atoms with Crippen LogP contribution >= 0.6 is 0 Å². The summed E-state index contributed by atoms with van der Waals surface area (Å²) in [6, 6.07) is 0. The SMILES string of the molecule is Cn1cc(-c2cnc3c(S(=O)[O-])nccn23)cn1. The van der Waals surface area contributed by atoms with E-state index in [1.807, 2.05) is 13.2 Å². The monoisotopic (exact) mass is 262 g/mol. The lowest BCUT2D eigenvalue weighted by Gasteiger charge is -2.05. The highest BCUT2D eigenvalue weighted by atomic mass is 32.2. The van der Waals surface area contributed by atoms with Crippen LogP contribution < -0.4 is 0 Å². The predicted octanol–water partition coefficient (Wildman–Crippen LogP) is 0.368. The van der Waals surface area contributed by atoms with Gasteiger partial charge in [-0.05, 0) is 0 Å². The van der Waals surface area contributed by atoms with Gasteiger partial charge in [-0.25, -0.2) is 9.97 Å². The number of hydrogen-bond acceptors (Lipinski definition) is 5. The Kier molecular flexibility index (Phi) is 2.46. The van der Waals surface area contributed by atoms with Crippen LogP contribution in [-0.2, 0) is 18.1 Å². The van der Waals surface area contributed by atoms with E-state index in [0.717, 1.165) is 11.3 Å². The summed E-state index contributed by atoms with van der Waals surface area (Å²) in [5, 5.41) is 4.01. The van der Waals surface area contributed by atoms with E-state index in [1.54, 1.807) is 27.7 Å². The van der Waals surface area contributed by atoms with Crippen LogP contribution in [0.15, 0.2) is 36.0 Å². The van der Waals surface area contributed by atoms with E-state index < -0.39 is 11.1 Å². The third-order valence-corrected chi connectivity index (χ3v) is 3.16. The summed E-state index contributed by atoms with van der Waals surface area (Å²) in [6.45, 7) is 0. The smallest absolute Gasteiger partial charge is 0.171 e. The Hall–Kier alpha value is -2.06. The largest absolute Gasteiger partial charge is 0.767 e. The first-order valence-corrected chi connectivity index (χ1v) is 6.14. The molecule has 0 spiro atoms. The molecule has 0 N–H and O–H groups in total. The number of nitrogens with zero attached hydrogens (tertiary/aromatic N) is 5. The number of fused-ring (bicyclic) bond motifs is 1. The van der Waals surface area contributed by atoms with Gasteiger partial charge in [0.2, 0.25) is 0 Å². The summed E-state index contributed by atoms with van der Waals surface area (Å²) < 4.78 is 25.4. The van der Waals surface area contributed by atoms with E-state index >= 15 is 0 Å². The number of imidazole rings is 1. The van der Waals surface area contributed by atoms with Gasteiger partial charge in [0, 0.05) is 42.3 Å². The molecule has 0 bridgehead atoms. The minimum absolute atomic E-state index is 0.0624. The number of rotatable bonds is 2. The topological polar surface area (TPSA) is 88.1 Å². The molecule has 0 fully saturated rings. The lowest BCUT2D eigenvalue weighted by molar-refractivity contribution is 0.534. The number of aromatic nitrogens is 5. The van der Waals surface area contributed by atoms with Gasteiger partial charge in [0.25, 0.3) is 0 Å². The van der Waals surface area contributed by atoms with Crippen molar-refractivity contribution in [3.8, 4) is 11.3 Å². The average molecular weight is 262 g/mol. The highest BCUT2D eigenvalue weighted by Gasteiger charge is 2.11. The van der Waals surface area contributed by atoms with E-state index in [4.69, 9.17) is 0 Å². The molecule has 1 unspecified atom stereocenters. The Bertz CT molecular complexity index is 748. The lowest BCUT2D eigenvalue weighted by atomic mass is 10.3. The van der Waals surface area contributed by atoms with Crippen LogP contribution in [0.3, 0.4) is 0 Å². The molecule has 0 aliphatic rings. The fourth-order valence-electron chi connectivity index (χ4n) is 1.78. The first-order chi connectivity index (χ1) is 8.66. The second-order valence-electron chi connectivity index (χ2n) is 3.71. The minimum Gasteiger partial charge on any atom is -0.767 e. The second-order valence-corrected chi connectivity index (χ2v) is 4.56. The summed E-state index contributed by atoms with van der Waals surface area (Å²) >= 11 is -2.41. The molecule has 0 saturated heterocycles. The van der Waals surface area contributed by atoms with Crippen LogP contribution in [0.5, 0.6) is 0 Å². The molecule has 3 heterocycles. The van der Waals surface area contributed by atoms with Crippen molar-refractivity contribution in [2.24, 2.45) is 7.05 Å². The molecule has 0 aromatic carbocycles. The standard InChI is InChI=1S/C10H9N5O2S/c1-14-6-7(4-13-14)8-5-12-9-10(18(16)17)11-2-3-15(8)9/h2-6H,1H3,(H,16,17)/p-1. The van der Waals surface area contributed by atoms with Gasteiger partial charge in [0.1, 0.15) is 0 Å². The summed E-state index contributed by atoms with van der Waals surface area (Å²) in [7, 11) is 1.81. The predicted molar refractivity (Wildman–Crippen MR) is 62.4 cm³/mol. The van der Waals surface area contributed by atoms with Crippen LogP contribution in [0.25, 0.3) is 16.9 Å². The Balaban J connectivity index is 2.27. The average Bonchev–Trinajstić information content (AvgIpc) is 2.93. The molecular weight excluding hydrogens is 254 g/mol. The van der Waals surface area contributed by atoms with Gasteiger partial charge in [-0.1, -0.05) is 0 Å². The van der Waals surface area contributed by atoms with Crippen molar-refractivity contribution in [1.82, 2.24) is 24.1 Å². The molecule has 3 aromatic heterocycles. The van der Waals surface area contributed by atoms with Gasteiger partial charge in [0.15, 0.2) is 10.7 Å². The van der Waals surface area contributed by atoms with Crippen molar-refractivity contribution < 1.29 is 8.76 Å². The molecule has 0 saturated carbocycles. The van der Waals surface area contributed by atoms with Gasteiger partial charge >= 0.3 is 0 Å². The summed E-state index contributed by atoms with van der Waals surface area (Å²) in [5.41, 5.74) is 1.94. The third kappa shape index (κ3) is 1.62. The Morgan fingerprint density at radius 1 is 1.33 bits per heavy atom. The molecule has 0 aliphatic heterocycles. The van der Waals surface area contributed by atoms with Crippen molar-refractivity contribution in [3.63, 3.8) is 0 Å². The van der Waals surface area contributed by atoms with Crippen LogP contribution in [0.4, 0.5) is 0 Å². The van der Waals surface area contributed by atoms with Crippen LogP contribution in [0.2, 0.25) is 0 Å². The maximum atomic E-state index is 11.0. The molecule has 7 nitrogen and oxygen atoms in total. The van der Waals surface area contributed by atoms with Gasteiger partial charge in [0.05, 0.1) is 18.1 Å². The summed E-state index contributed by atoms with van der Waals surface area (Å²) in [5.74, 6) is 0. The first-order valence-electron chi connectivity index (χ1n) is 5.07. The molecule has 1 atom stereocenters. The number of hydrogen-bond donors (Lipinski definition) is 0. The van der Waals surface area contributed by atoms with Crippen molar-refractivity contribution >= 4 is 16.7 Å². The van der Waals surface area contributed by atoms with E-state index in [0.29, 0.717) is 5.65 Å². The molecule has 92 valence electrons. The quantitative estimate of drug-likeness (QED) is 0.622. The zero-order valence-electron chi connectivity index (χ0n) is 9.35. The van der Waals surface area contributed by atoms with Gasteiger partial charge < -0.3 is 4.55 Å². The first kappa shape index (κ1) is 11.1. The van der Waals surface area contributed by atoms with Gasteiger partial charge in [-0.3, -0.25) is 13.3 Å². The fraction of sp³-hybridized carbons (Fsp3) is 0.100. The molecule has 8 heteroatoms. The van der Waals surface area contributed by atoms with Gasteiger partial charge in [-0.2, -0.15) is 5.10 Å². The normalized spacial score (nSPS) is 13.0. The highest BCUT2D eigenvalue weighted by Crippen LogP contribution is 2.21. The fourth-order valence-corrected chi connectivity index (χ4v) is 2.23. The van der Waals surface area contributed by atoms with Crippen molar-refractivity contribution in [2.75, 3.05) is 0 Å². The molecular formula is C10H8N5O2S-. The van der Waals surface area contributed by atoms with Crippen molar-refractivity contribution in [1.29, 1.82) is 0 Å². The number of aryl methyl sites for hydroxylation is 1. The van der Waals surface area contributed by atoms with E-state index in [9.17, 15) is 8.76 Å². The molecule has 3 aromatic rings. The van der Waals surface area contributed by atoms with Crippen LogP contribution in [-0.4, -0.2) is 32.9 Å². The van der Waals surface area contributed by atoms with Crippen molar-refractivity contribution in [3.05, 3.63) is 31.0 Å². The minimum atomic E-state index is -2.41. The highest BCUT2D eigenvalue weighted by molar-refractivity contribution is 7.79. The summed E-state index contributed by atoms with van der Waals surface area (Å²) in [4.78, 5) is 7.90. The maximum absolute atomic E-state index is 11.0. The second kappa shape index (κ2) is 4.00. The van der Waals surface area contributed by atoms with E-state index in [-0.39, 0.29) is 5.03 Å². The lowest BCUT2D eigenvalue weighted by Crippen LogP contribution is -1.99. The van der Waals surface area contributed by atoms with E-state index in [2.05, 4.69) is 15.1 Å². The zero-order valence-corrected chi connectivity index (χ0v) is 10.2. The molecule has 0 radical (unpaired) electrons. The molecule has 0 aliphatic carbocycles. The Morgan fingerprint density at radius 3 is 2.83 bits per heavy atom.